The fraction of sp³-hybridized carbons (Fsp3) is 0.938. The van der Waals surface area contributed by atoms with Gasteiger partial charge < -0.3 is 20.1 Å². The van der Waals surface area contributed by atoms with Crippen LogP contribution in [-0.2, 0) is 9.47 Å². The van der Waals surface area contributed by atoms with Crippen LogP contribution in [0.15, 0.2) is 0 Å². The lowest BCUT2D eigenvalue weighted by atomic mass is 9.98. The molecule has 0 saturated carbocycles. The average Bonchev–Trinajstić information content (AvgIpc) is 2.31. The average molecular weight is 300 g/mol. The summed E-state index contributed by atoms with van der Waals surface area (Å²) in [7, 11) is 0. The van der Waals surface area contributed by atoms with Crippen LogP contribution in [0.1, 0.15) is 60.8 Å². The zero-order valence-corrected chi connectivity index (χ0v) is 14.4. The third kappa shape index (κ3) is 7.67. The maximum Gasteiger partial charge on any atom is 0.407 e. The molecule has 3 atom stereocenters. The number of carbonyl (C=O) groups excluding carboxylic acids is 1. The Hall–Kier alpha value is -0.810. The maximum absolute atomic E-state index is 11.7. The predicted molar refractivity (Wildman–Crippen MR) is 84.5 cm³/mol. The highest BCUT2D eigenvalue weighted by Gasteiger charge is 2.26. The van der Waals surface area contributed by atoms with E-state index in [-0.39, 0.29) is 12.1 Å². The van der Waals surface area contributed by atoms with E-state index in [0.717, 1.165) is 19.3 Å². The summed E-state index contributed by atoms with van der Waals surface area (Å²) in [6, 6.07) is 0.717. The molecule has 0 aliphatic carbocycles. The Bertz CT molecular complexity index is 318. The monoisotopic (exact) mass is 300 g/mol. The number of amides is 1. The molecule has 0 aromatic carbocycles. The number of hydrogen-bond donors (Lipinski definition) is 2. The lowest BCUT2D eigenvalue weighted by molar-refractivity contribution is -0.0436. The fourth-order valence-electron chi connectivity index (χ4n) is 2.72. The highest BCUT2D eigenvalue weighted by molar-refractivity contribution is 5.67. The molecule has 1 aliphatic heterocycles. The van der Waals surface area contributed by atoms with Gasteiger partial charge in [0.1, 0.15) is 5.60 Å². The minimum absolute atomic E-state index is 0.264. The third-order valence-corrected chi connectivity index (χ3v) is 3.55. The van der Waals surface area contributed by atoms with E-state index >= 15 is 0 Å². The SMILES string of the molecule is CCC(CNC(=O)OC(C)(C)C)NC1CC(C)OC(C)C1. The standard InChI is InChI=1S/C16H32N2O3/c1-7-13(10-17-15(19)21-16(4,5)6)18-14-8-11(2)20-12(3)9-14/h11-14,18H,7-10H2,1-6H3,(H,17,19). The van der Waals surface area contributed by atoms with Crippen molar-refractivity contribution in [1.29, 1.82) is 0 Å². The summed E-state index contributed by atoms with van der Waals surface area (Å²) in [5, 5.41) is 6.48. The lowest BCUT2D eigenvalue weighted by Crippen LogP contribution is -2.49. The van der Waals surface area contributed by atoms with Crippen molar-refractivity contribution in [1.82, 2.24) is 10.6 Å². The first-order chi connectivity index (χ1) is 9.69. The van der Waals surface area contributed by atoms with Gasteiger partial charge in [0, 0.05) is 18.6 Å². The molecule has 21 heavy (non-hydrogen) atoms. The van der Waals surface area contributed by atoms with Crippen molar-refractivity contribution in [3.8, 4) is 0 Å². The van der Waals surface area contributed by atoms with Crippen LogP contribution in [0, 0.1) is 0 Å². The van der Waals surface area contributed by atoms with Gasteiger partial charge in [-0.1, -0.05) is 6.92 Å². The number of alkyl carbamates (subject to hydrolysis) is 1. The van der Waals surface area contributed by atoms with Crippen molar-refractivity contribution in [2.75, 3.05) is 6.54 Å². The van der Waals surface area contributed by atoms with E-state index in [9.17, 15) is 4.79 Å². The second-order valence-corrected chi connectivity index (χ2v) is 7.08. The normalized spacial score (nSPS) is 28.0. The van der Waals surface area contributed by atoms with E-state index in [1.54, 1.807) is 0 Å². The highest BCUT2D eigenvalue weighted by Crippen LogP contribution is 2.19. The Morgan fingerprint density at radius 3 is 2.33 bits per heavy atom. The highest BCUT2D eigenvalue weighted by atomic mass is 16.6. The molecule has 3 unspecified atom stereocenters. The number of rotatable bonds is 5. The molecule has 1 fully saturated rings. The summed E-state index contributed by atoms with van der Waals surface area (Å²) in [6.07, 6.45) is 3.25. The van der Waals surface area contributed by atoms with Crippen molar-refractivity contribution in [3.63, 3.8) is 0 Å². The van der Waals surface area contributed by atoms with Crippen molar-refractivity contribution < 1.29 is 14.3 Å². The van der Waals surface area contributed by atoms with E-state index in [1.165, 1.54) is 0 Å². The van der Waals surface area contributed by atoms with Crippen LogP contribution in [-0.4, -0.2) is 42.5 Å². The molecule has 0 radical (unpaired) electrons. The molecule has 0 aromatic rings. The fourth-order valence-corrected chi connectivity index (χ4v) is 2.72. The maximum atomic E-state index is 11.7. The van der Waals surface area contributed by atoms with E-state index in [4.69, 9.17) is 9.47 Å². The number of ether oxygens (including phenoxy) is 2. The summed E-state index contributed by atoms with van der Waals surface area (Å²) >= 11 is 0. The van der Waals surface area contributed by atoms with Crippen LogP contribution in [0.2, 0.25) is 0 Å². The van der Waals surface area contributed by atoms with E-state index in [0.29, 0.717) is 24.8 Å². The van der Waals surface area contributed by atoms with Gasteiger partial charge >= 0.3 is 6.09 Å². The first-order valence-corrected chi connectivity index (χ1v) is 8.08. The van der Waals surface area contributed by atoms with Crippen LogP contribution < -0.4 is 10.6 Å². The van der Waals surface area contributed by atoms with Gasteiger partial charge in [0.2, 0.25) is 0 Å². The van der Waals surface area contributed by atoms with Crippen molar-refractivity contribution in [2.45, 2.75) is 90.7 Å². The zero-order valence-electron chi connectivity index (χ0n) is 14.4. The number of hydrogen-bond acceptors (Lipinski definition) is 4. The van der Waals surface area contributed by atoms with Crippen molar-refractivity contribution in [3.05, 3.63) is 0 Å². The second kappa shape index (κ2) is 7.99. The molecule has 2 N–H and O–H groups in total. The van der Waals surface area contributed by atoms with E-state index in [1.807, 2.05) is 20.8 Å². The van der Waals surface area contributed by atoms with Gasteiger partial charge in [0.15, 0.2) is 0 Å². The summed E-state index contributed by atoms with van der Waals surface area (Å²) in [6.45, 7) is 12.5. The van der Waals surface area contributed by atoms with Crippen LogP contribution in [0.3, 0.4) is 0 Å². The minimum atomic E-state index is -0.454. The minimum Gasteiger partial charge on any atom is -0.444 e. The van der Waals surface area contributed by atoms with Crippen LogP contribution in [0.25, 0.3) is 0 Å². The van der Waals surface area contributed by atoms with Crippen molar-refractivity contribution in [2.24, 2.45) is 0 Å². The number of nitrogens with one attached hydrogen (secondary N) is 2. The summed E-state index contributed by atoms with van der Waals surface area (Å²) < 4.78 is 11.0. The molecular formula is C16H32N2O3. The molecule has 124 valence electrons. The van der Waals surface area contributed by atoms with Gasteiger partial charge in [0.05, 0.1) is 12.2 Å². The summed E-state index contributed by atoms with van der Waals surface area (Å²) in [5.41, 5.74) is -0.454. The molecular weight excluding hydrogens is 268 g/mol. The van der Waals surface area contributed by atoms with Crippen molar-refractivity contribution >= 4 is 6.09 Å². The van der Waals surface area contributed by atoms with Gasteiger partial charge in [-0.05, 0) is 53.9 Å². The zero-order chi connectivity index (χ0) is 16.0. The Morgan fingerprint density at radius 1 is 1.29 bits per heavy atom. The number of carbonyl (C=O) groups is 1. The van der Waals surface area contributed by atoms with Crippen LogP contribution in [0.5, 0.6) is 0 Å². The van der Waals surface area contributed by atoms with Crippen LogP contribution in [0.4, 0.5) is 4.79 Å². The van der Waals surface area contributed by atoms with E-state index in [2.05, 4.69) is 31.4 Å². The van der Waals surface area contributed by atoms with Crippen LogP contribution >= 0.6 is 0 Å². The quantitative estimate of drug-likeness (QED) is 0.819. The predicted octanol–water partition coefficient (Wildman–Crippen LogP) is 2.84. The molecule has 0 aromatic heterocycles. The molecule has 0 bridgehead atoms. The Balaban J connectivity index is 2.36. The first kappa shape index (κ1) is 18.2. The molecule has 1 rings (SSSR count). The van der Waals surface area contributed by atoms with Gasteiger partial charge in [-0.15, -0.1) is 0 Å². The molecule has 1 aliphatic rings. The van der Waals surface area contributed by atoms with Gasteiger partial charge in [0.25, 0.3) is 0 Å². The molecule has 5 heteroatoms. The van der Waals surface area contributed by atoms with Gasteiger partial charge in [-0.2, -0.15) is 0 Å². The molecule has 5 nitrogen and oxygen atoms in total. The van der Waals surface area contributed by atoms with Gasteiger partial charge in [-0.3, -0.25) is 0 Å². The topological polar surface area (TPSA) is 59.6 Å². The molecule has 1 amide bonds. The Labute approximate surface area is 129 Å². The Kier molecular flexibility index (Phi) is 6.94. The smallest absolute Gasteiger partial charge is 0.407 e. The second-order valence-electron chi connectivity index (χ2n) is 7.08. The van der Waals surface area contributed by atoms with Gasteiger partial charge in [-0.25, -0.2) is 4.79 Å². The molecule has 1 saturated heterocycles. The Morgan fingerprint density at radius 2 is 1.86 bits per heavy atom. The largest absolute Gasteiger partial charge is 0.444 e. The lowest BCUT2D eigenvalue weighted by Gasteiger charge is -2.35. The molecule has 1 heterocycles. The summed E-state index contributed by atoms with van der Waals surface area (Å²) in [4.78, 5) is 11.7. The molecule has 0 spiro atoms. The third-order valence-electron chi connectivity index (χ3n) is 3.55. The summed E-state index contributed by atoms with van der Waals surface area (Å²) in [5.74, 6) is 0. The van der Waals surface area contributed by atoms with E-state index < -0.39 is 5.60 Å². The first-order valence-electron chi connectivity index (χ1n) is 8.08.